The Kier molecular flexibility index (Phi) is 4.61. The van der Waals surface area contributed by atoms with Crippen LogP contribution in [-0.4, -0.2) is 23.3 Å². The Balaban J connectivity index is 1.83. The molecule has 1 heterocycles. The number of carbonyl (C=O) groups excluding carboxylic acids is 2. The summed E-state index contributed by atoms with van der Waals surface area (Å²) in [6.07, 6.45) is 1.52. The zero-order chi connectivity index (χ0) is 16.9. The number of benzene rings is 2. The number of nitrogens with one attached hydrogen (secondary N) is 1. The van der Waals surface area contributed by atoms with E-state index in [-0.39, 0.29) is 12.2 Å². The lowest BCUT2D eigenvalue weighted by Gasteiger charge is -2.07. The lowest BCUT2D eigenvalue weighted by molar-refractivity contribution is -0.137. The maximum Gasteiger partial charge on any atom is 0.379 e. The first kappa shape index (κ1) is 15.8. The number of ether oxygens (including phenoxy) is 2. The lowest BCUT2D eigenvalue weighted by Crippen LogP contribution is -2.17. The average Bonchev–Trinajstić information content (AvgIpc) is 3.03. The molecule has 0 atom stereocenters. The van der Waals surface area contributed by atoms with Gasteiger partial charge in [0.15, 0.2) is 0 Å². The fraction of sp³-hybridized carbons (Fsp3) is 0.158. The van der Waals surface area contributed by atoms with Gasteiger partial charge in [-0.2, -0.15) is 0 Å². The van der Waals surface area contributed by atoms with Crippen molar-refractivity contribution in [1.82, 2.24) is 4.98 Å². The number of H-pyrrole nitrogens is 1. The van der Waals surface area contributed by atoms with Crippen LogP contribution in [0.2, 0.25) is 0 Å². The molecule has 0 saturated carbocycles. The molecule has 0 aliphatic rings. The molecule has 0 aliphatic heterocycles. The topological polar surface area (TPSA) is 68.4 Å². The molecule has 1 aromatic heterocycles. The molecule has 5 nitrogen and oxygen atoms in total. The van der Waals surface area contributed by atoms with Crippen molar-refractivity contribution in [3.63, 3.8) is 0 Å². The van der Waals surface area contributed by atoms with Crippen molar-refractivity contribution >= 4 is 22.7 Å². The van der Waals surface area contributed by atoms with E-state index in [0.29, 0.717) is 17.7 Å². The van der Waals surface area contributed by atoms with Gasteiger partial charge < -0.3 is 14.5 Å². The normalized spacial score (nSPS) is 10.5. The smallest absolute Gasteiger partial charge is 0.379 e. The second kappa shape index (κ2) is 7.00. The summed E-state index contributed by atoms with van der Waals surface area (Å²) in [5.41, 5.74) is 2.10. The first-order valence-electron chi connectivity index (χ1n) is 7.68. The maximum absolute atomic E-state index is 12.2. The van der Waals surface area contributed by atoms with Gasteiger partial charge in [0.2, 0.25) is 0 Å². The van der Waals surface area contributed by atoms with E-state index in [2.05, 4.69) is 4.98 Å². The van der Waals surface area contributed by atoms with Gasteiger partial charge in [0.05, 0.1) is 12.2 Å². The first-order chi connectivity index (χ1) is 11.7. The first-order valence-corrected chi connectivity index (χ1v) is 7.68. The van der Waals surface area contributed by atoms with Gasteiger partial charge >= 0.3 is 5.97 Å². The van der Waals surface area contributed by atoms with Crippen LogP contribution < -0.4 is 4.74 Å². The Morgan fingerprint density at radius 2 is 1.88 bits per heavy atom. The van der Waals surface area contributed by atoms with Crippen LogP contribution in [0.25, 0.3) is 10.9 Å². The molecular formula is C19H17NO4. The lowest BCUT2D eigenvalue weighted by atomic mass is 10.1. The molecule has 0 fully saturated rings. The predicted octanol–water partition coefficient (Wildman–Crippen LogP) is 3.49. The Bertz CT molecular complexity index is 867. The number of fused-ring (bicyclic) bond motifs is 1. The second-order valence-electron chi connectivity index (χ2n) is 5.23. The Labute approximate surface area is 139 Å². The summed E-state index contributed by atoms with van der Waals surface area (Å²) in [4.78, 5) is 26.8. The van der Waals surface area contributed by atoms with E-state index in [9.17, 15) is 9.59 Å². The van der Waals surface area contributed by atoms with Gasteiger partial charge in [0, 0.05) is 17.1 Å². The van der Waals surface area contributed by atoms with Gasteiger partial charge in [-0.1, -0.05) is 30.3 Å². The summed E-state index contributed by atoms with van der Waals surface area (Å²) in [5.74, 6) is -0.888. The fourth-order valence-electron chi connectivity index (χ4n) is 2.42. The van der Waals surface area contributed by atoms with Crippen LogP contribution in [0, 0.1) is 0 Å². The molecule has 5 heteroatoms. The molecule has 3 aromatic rings. The van der Waals surface area contributed by atoms with Crippen LogP contribution in [0.5, 0.6) is 5.75 Å². The minimum absolute atomic E-state index is 0.165. The van der Waals surface area contributed by atoms with Crippen LogP contribution in [0.3, 0.4) is 0 Å². The standard InChI is InChI=1S/C19H17NO4/c1-2-23-19(22)18(21)16-11-20-17-9-8-14(10-15(16)17)24-12-13-6-4-3-5-7-13/h3-11,20H,2,12H2,1H3. The van der Waals surface area contributed by atoms with Crippen molar-refractivity contribution in [1.29, 1.82) is 0 Å². The van der Waals surface area contributed by atoms with Crippen molar-refractivity contribution in [3.05, 3.63) is 65.9 Å². The van der Waals surface area contributed by atoms with E-state index >= 15 is 0 Å². The van der Waals surface area contributed by atoms with Gasteiger partial charge in [0.1, 0.15) is 12.4 Å². The van der Waals surface area contributed by atoms with E-state index in [4.69, 9.17) is 9.47 Å². The summed E-state index contributed by atoms with van der Waals surface area (Å²) in [7, 11) is 0. The number of carbonyl (C=O) groups is 2. The minimum atomic E-state index is -0.853. The average molecular weight is 323 g/mol. The highest BCUT2D eigenvalue weighted by atomic mass is 16.5. The van der Waals surface area contributed by atoms with E-state index < -0.39 is 11.8 Å². The van der Waals surface area contributed by atoms with Crippen LogP contribution in [0.15, 0.2) is 54.7 Å². The maximum atomic E-state index is 12.2. The number of hydrogen-bond acceptors (Lipinski definition) is 4. The monoisotopic (exact) mass is 323 g/mol. The molecule has 122 valence electrons. The molecule has 24 heavy (non-hydrogen) atoms. The van der Waals surface area contributed by atoms with Crippen molar-refractivity contribution in [3.8, 4) is 5.75 Å². The molecule has 0 aliphatic carbocycles. The molecule has 0 saturated heterocycles. The van der Waals surface area contributed by atoms with Gasteiger partial charge in [-0.05, 0) is 30.7 Å². The Hall–Kier alpha value is -3.08. The molecule has 1 N–H and O–H groups in total. The molecule has 3 rings (SSSR count). The summed E-state index contributed by atoms with van der Waals surface area (Å²) in [6, 6.07) is 15.2. The quantitative estimate of drug-likeness (QED) is 0.428. The van der Waals surface area contributed by atoms with Crippen LogP contribution in [0.4, 0.5) is 0 Å². The highest BCUT2D eigenvalue weighted by Crippen LogP contribution is 2.25. The van der Waals surface area contributed by atoms with E-state index in [1.165, 1.54) is 6.20 Å². The summed E-state index contributed by atoms with van der Waals surface area (Å²) < 4.78 is 10.5. The van der Waals surface area contributed by atoms with Crippen molar-refractivity contribution < 1.29 is 19.1 Å². The highest BCUT2D eigenvalue weighted by molar-refractivity contribution is 6.43. The number of rotatable bonds is 6. The second-order valence-corrected chi connectivity index (χ2v) is 5.23. The SMILES string of the molecule is CCOC(=O)C(=O)c1c[nH]c2ccc(OCc3ccccc3)cc12. The third-order valence-electron chi connectivity index (χ3n) is 3.61. The van der Waals surface area contributed by atoms with Crippen molar-refractivity contribution in [2.45, 2.75) is 13.5 Å². The number of esters is 1. The molecular weight excluding hydrogens is 306 g/mol. The molecule has 2 aromatic carbocycles. The Morgan fingerprint density at radius 3 is 2.62 bits per heavy atom. The number of Topliss-reactive ketones (excluding diaryl/α,β-unsaturated/α-hetero) is 1. The number of aromatic amines is 1. The largest absolute Gasteiger partial charge is 0.489 e. The zero-order valence-electron chi connectivity index (χ0n) is 13.2. The van der Waals surface area contributed by atoms with Gasteiger partial charge in [-0.25, -0.2) is 4.79 Å². The number of aromatic nitrogens is 1. The molecule has 0 spiro atoms. The zero-order valence-corrected chi connectivity index (χ0v) is 13.2. The van der Waals surface area contributed by atoms with E-state index in [1.807, 2.05) is 42.5 Å². The number of ketones is 1. The molecule has 0 radical (unpaired) electrons. The summed E-state index contributed by atoms with van der Waals surface area (Å²) in [6.45, 7) is 2.26. The molecule has 0 amide bonds. The molecule has 0 bridgehead atoms. The third-order valence-corrected chi connectivity index (χ3v) is 3.61. The van der Waals surface area contributed by atoms with Gasteiger partial charge in [0.25, 0.3) is 5.78 Å². The van der Waals surface area contributed by atoms with Gasteiger partial charge in [-0.3, -0.25) is 4.79 Å². The van der Waals surface area contributed by atoms with E-state index in [1.54, 1.807) is 13.0 Å². The fourth-order valence-corrected chi connectivity index (χ4v) is 2.42. The number of hydrogen-bond donors (Lipinski definition) is 1. The van der Waals surface area contributed by atoms with Crippen LogP contribution >= 0.6 is 0 Å². The Morgan fingerprint density at radius 1 is 1.08 bits per heavy atom. The van der Waals surface area contributed by atoms with Gasteiger partial charge in [-0.15, -0.1) is 0 Å². The highest BCUT2D eigenvalue weighted by Gasteiger charge is 2.21. The van der Waals surface area contributed by atoms with E-state index in [0.717, 1.165) is 11.1 Å². The van der Waals surface area contributed by atoms with Crippen molar-refractivity contribution in [2.24, 2.45) is 0 Å². The predicted molar refractivity (Wildman–Crippen MR) is 90.0 cm³/mol. The minimum Gasteiger partial charge on any atom is -0.489 e. The van der Waals surface area contributed by atoms with Crippen LogP contribution in [0.1, 0.15) is 22.8 Å². The summed E-state index contributed by atoms with van der Waals surface area (Å²) >= 11 is 0. The summed E-state index contributed by atoms with van der Waals surface area (Å²) in [5, 5.41) is 0.638. The third kappa shape index (κ3) is 3.30. The van der Waals surface area contributed by atoms with Crippen molar-refractivity contribution in [2.75, 3.05) is 6.61 Å². The molecule has 0 unspecified atom stereocenters. The van der Waals surface area contributed by atoms with Crippen LogP contribution in [-0.2, 0) is 16.1 Å².